The topological polar surface area (TPSA) is 61.7 Å². The molecule has 0 radical (unpaired) electrons. The SMILES string of the molecule is N#Cc1ccccc1OCCc1ncc[nH]1. The van der Waals surface area contributed by atoms with Gasteiger partial charge in [0, 0.05) is 18.8 Å². The number of ether oxygens (including phenoxy) is 1. The number of rotatable bonds is 4. The maximum absolute atomic E-state index is 8.85. The Morgan fingerprint density at radius 1 is 1.38 bits per heavy atom. The fourth-order valence-corrected chi connectivity index (χ4v) is 1.38. The van der Waals surface area contributed by atoms with Crippen LogP contribution in [-0.4, -0.2) is 16.6 Å². The minimum absolute atomic E-state index is 0.506. The van der Waals surface area contributed by atoms with Crippen molar-refractivity contribution in [3.63, 3.8) is 0 Å². The summed E-state index contributed by atoms with van der Waals surface area (Å²) < 4.78 is 5.52. The summed E-state index contributed by atoms with van der Waals surface area (Å²) >= 11 is 0. The molecule has 0 unspecified atom stereocenters. The normalized spacial score (nSPS) is 9.69. The van der Waals surface area contributed by atoms with Crippen LogP contribution in [0.4, 0.5) is 0 Å². The van der Waals surface area contributed by atoms with Crippen LogP contribution in [0.3, 0.4) is 0 Å². The molecule has 1 N–H and O–H groups in total. The Bertz CT molecular complexity index is 485. The molecule has 4 heteroatoms. The maximum atomic E-state index is 8.85. The van der Waals surface area contributed by atoms with Gasteiger partial charge in [-0.25, -0.2) is 4.98 Å². The molecule has 0 saturated carbocycles. The summed E-state index contributed by atoms with van der Waals surface area (Å²) in [5, 5.41) is 8.85. The minimum Gasteiger partial charge on any atom is -0.492 e. The van der Waals surface area contributed by atoms with Gasteiger partial charge in [-0.15, -0.1) is 0 Å². The lowest BCUT2D eigenvalue weighted by Gasteiger charge is -2.05. The fraction of sp³-hybridized carbons (Fsp3) is 0.167. The Balaban J connectivity index is 1.93. The third-order valence-corrected chi connectivity index (χ3v) is 2.16. The van der Waals surface area contributed by atoms with E-state index in [1.54, 1.807) is 24.5 Å². The second kappa shape index (κ2) is 4.99. The molecule has 1 aromatic carbocycles. The number of nitrogens with zero attached hydrogens (tertiary/aromatic N) is 2. The third-order valence-electron chi connectivity index (χ3n) is 2.16. The van der Waals surface area contributed by atoms with Gasteiger partial charge in [0.1, 0.15) is 17.6 Å². The maximum Gasteiger partial charge on any atom is 0.137 e. The molecule has 0 spiro atoms. The van der Waals surface area contributed by atoms with Crippen molar-refractivity contribution in [1.82, 2.24) is 9.97 Å². The number of H-pyrrole nitrogens is 1. The minimum atomic E-state index is 0.506. The van der Waals surface area contributed by atoms with Crippen LogP contribution in [0.1, 0.15) is 11.4 Å². The molecule has 16 heavy (non-hydrogen) atoms. The highest BCUT2D eigenvalue weighted by Crippen LogP contribution is 2.16. The Hall–Kier alpha value is -2.28. The summed E-state index contributed by atoms with van der Waals surface area (Å²) in [6.07, 6.45) is 4.18. The van der Waals surface area contributed by atoms with E-state index in [2.05, 4.69) is 16.0 Å². The molecule has 0 aliphatic rings. The van der Waals surface area contributed by atoms with Crippen molar-refractivity contribution in [1.29, 1.82) is 5.26 Å². The number of nitrogens with one attached hydrogen (secondary N) is 1. The van der Waals surface area contributed by atoms with Gasteiger partial charge in [-0.3, -0.25) is 0 Å². The summed E-state index contributed by atoms with van der Waals surface area (Å²) in [4.78, 5) is 7.09. The van der Waals surface area contributed by atoms with Crippen LogP contribution in [-0.2, 0) is 6.42 Å². The van der Waals surface area contributed by atoms with Gasteiger partial charge in [0.2, 0.25) is 0 Å². The van der Waals surface area contributed by atoms with Gasteiger partial charge in [-0.05, 0) is 12.1 Å². The average Bonchev–Trinajstić information content (AvgIpc) is 2.83. The molecule has 0 aliphatic heterocycles. The summed E-state index contributed by atoms with van der Waals surface area (Å²) in [5.41, 5.74) is 0.557. The predicted molar refractivity (Wildman–Crippen MR) is 58.9 cm³/mol. The molecule has 2 aromatic rings. The number of aromatic amines is 1. The molecule has 0 saturated heterocycles. The van der Waals surface area contributed by atoms with Crippen LogP contribution >= 0.6 is 0 Å². The van der Waals surface area contributed by atoms with E-state index in [1.165, 1.54) is 0 Å². The third kappa shape index (κ3) is 2.39. The monoisotopic (exact) mass is 213 g/mol. The molecule has 0 atom stereocenters. The molecule has 0 aliphatic carbocycles. The summed E-state index contributed by atoms with van der Waals surface area (Å²) in [6.45, 7) is 0.506. The molecule has 0 bridgehead atoms. The molecule has 2 rings (SSSR count). The van der Waals surface area contributed by atoms with Crippen LogP contribution in [0.15, 0.2) is 36.7 Å². The van der Waals surface area contributed by atoms with E-state index in [9.17, 15) is 0 Å². The van der Waals surface area contributed by atoms with Crippen molar-refractivity contribution in [2.24, 2.45) is 0 Å². The van der Waals surface area contributed by atoms with Crippen molar-refractivity contribution < 1.29 is 4.74 Å². The number of nitriles is 1. The van der Waals surface area contributed by atoms with Gasteiger partial charge < -0.3 is 9.72 Å². The van der Waals surface area contributed by atoms with Crippen LogP contribution in [0.2, 0.25) is 0 Å². The lowest BCUT2D eigenvalue weighted by atomic mass is 10.2. The molecule has 1 heterocycles. The highest BCUT2D eigenvalue weighted by atomic mass is 16.5. The first-order chi connectivity index (χ1) is 7.90. The van der Waals surface area contributed by atoms with Gasteiger partial charge in [0.05, 0.1) is 12.2 Å². The smallest absolute Gasteiger partial charge is 0.137 e. The van der Waals surface area contributed by atoms with Gasteiger partial charge in [-0.1, -0.05) is 12.1 Å². The van der Waals surface area contributed by atoms with Crippen LogP contribution in [0.5, 0.6) is 5.75 Å². The average molecular weight is 213 g/mol. The van der Waals surface area contributed by atoms with Gasteiger partial charge in [0.25, 0.3) is 0 Å². The summed E-state index contributed by atoms with van der Waals surface area (Å²) in [5.74, 6) is 1.51. The second-order valence-electron chi connectivity index (χ2n) is 3.24. The van der Waals surface area contributed by atoms with Crippen LogP contribution in [0.25, 0.3) is 0 Å². The highest BCUT2D eigenvalue weighted by Gasteiger charge is 2.01. The van der Waals surface area contributed by atoms with Gasteiger partial charge in [0.15, 0.2) is 0 Å². The molecule has 80 valence electrons. The van der Waals surface area contributed by atoms with Crippen molar-refractivity contribution in [3.8, 4) is 11.8 Å². The number of benzene rings is 1. The number of aromatic nitrogens is 2. The Kier molecular flexibility index (Phi) is 3.19. The van der Waals surface area contributed by atoms with E-state index < -0.39 is 0 Å². The van der Waals surface area contributed by atoms with Crippen molar-refractivity contribution in [2.45, 2.75) is 6.42 Å². The van der Waals surface area contributed by atoms with E-state index in [4.69, 9.17) is 10.00 Å². The first-order valence-electron chi connectivity index (χ1n) is 5.00. The van der Waals surface area contributed by atoms with Crippen molar-refractivity contribution >= 4 is 0 Å². The van der Waals surface area contributed by atoms with Gasteiger partial charge in [-0.2, -0.15) is 5.26 Å². The largest absolute Gasteiger partial charge is 0.492 e. The van der Waals surface area contributed by atoms with Crippen molar-refractivity contribution in [3.05, 3.63) is 48.0 Å². The van der Waals surface area contributed by atoms with Crippen LogP contribution in [0, 0.1) is 11.3 Å². The second-order valence-corrected chi connectivity index (χ2v) is 3.24. The summed E-state index contributed by atoms with van der Waals surface area (Å²) in [7, 11) is 0. The molecule has 0 amide bonds. The molecule has 0 fully saturated rings. The lowest BCUT2D eigenvalue weighted by molar-refractivity contribution is 0.318. The van der Waals surface area contributed by atoms with E-state index in [-0.39, 0.29) is 0 Å². The van der Waals surface area contributed by atoms with Crippen molar-refractivity contribution in [2.75, 3.05) is 6.61 Å². The van der Waals surface area contributed by atoms with E-state index >= 15 is 0 Å². The molecular weight excluding hydrogens is 202 g/mol. The Morgan fingerprint density at radius 3 is 3.00 bits per heavy atom. The number of imidazole rings is 1. The number of hydrogen-bond acceptors (Lipinski definition) is 3. The van der Waals surface area contributed by atoms with Gasteiger partial charge >= 0.3 is 0 Å². The summed E-state index contributed by atoms with van der Waals surface area (Å²) in [6, 6.07) is 9.29. The Labute approximate surface area is 93.5 Å². The number of hydrogen-bond donors (Lipinski definition) is 1. The zero-order valence-corrected chi connectivity index (χ0v) is 8.68. The standard InChI is InChI=1S/C12H11N3O/c13-9-10-3-1-2-4-11(10)16-8-5-12-14-6-7-15-12/h1-4,6-7H,5,8H2,(H,14,15). The quantitative estimate of drug-likeness (QED) is 0.843. The first kappa shape index (κ1) is 10.2. The lowest BCUT2D eigenvalue weighted by Crippen LogP contribution is -2.03. The fourth-order valence-electron chi connectivity index (χ4n) is 1.38. The Morgan fingerprint density at radius 2 is 2.25 bits per heavy atom. The first-order valence-corrected chi connectivity index (χ1v) is 5.00. The highest BCUT2D eigenvalue weighted by molar-refractivity contribution is 5.42. The van der Waals surface area contributed by atoms with E-state index in [0.29, 0.717) is 24.3 Å². The zero-order valence-electron chi connectivity index (χ0n) is 8.68. The zero-order chi connectivity index (χ0) is 11.2. The predicted octanol–water partition coefficient (Wildman–Crippen LogP) is 1.90. The van der Waals surface area contributed by atoms with E-state index in [0.717, 1.165) is 5.82 Å². The molecule has 1 aromatic heterocycles. The molecular formula is C12H11N3O. The van der Waals surface area contributed by atoms with Crippen LogP contribution < -0.4 is 4.74 Å². The van der Waals surface area contributed by atoms with E-state index in [1.807, 2.05) is 12.1 Å². The number of para-hydroxylation sites is 1. The molecule has 4 nitrogen and oxygen atoms in total.